The number of esters is 1. The van der Waals surface area contributed by atoms with Crippen LogP contribution in [0.3, 0.4) is 0 Å². The van der Waals surface area contributed by atoms with Gasteiger partial charge < -0.3 is 25.0 Å². The van der Waals surface area contributed by atoms with Gasteiger partial charge in [0, 0.05) is 37.8 Å². The van der Waals surface area contributed by atoms with Crippen LogP contribution >= 0.6 is 0 Å². The lowest BCUT2D eigenvalue weighted by Crippen LogP contribution is -2.44. The number of ether oxygens (including phenoxy) is 2. The highest BCUT2D eigenvalue weighted by Gasteiger charge is 2.33. The van der Waals surface area contributed by atoms with Gasteiger partial charge in [0.25, 0.3) is 5.91 Å². The molecule has 9 heteroatoms. The van der Waals surface area contributed by atoms with Crippen molar-refractivity contribution in [2.24, 2.45) is 5.92 Å². The number of rotatable bonds is 13. The minimum Gasteiger partial charge on any atom is -0.460 e. The third-order valence-corrected chi connectivity index (χ3v) is 4.66. The minimum atomic E-state index is -1.22. The fraction of sp³-hybridized carbons (Fsp3) is 0.391. The number of amides is 3. The molecular weight excluding hydrogens is 414 g/mol. The summed E-state index contributed by atoms with van der Waals surface area (Å²) < 4.78 is 10.7. The third kappa shape index (κ3) is 7.99. The van der Waals surface area contributed by atoms with Gasteiger partial charge in [-0.15, -0.1) is 0 Å². The van der Waals surface area contributed by atoms with Gasteiger partial charge >= 0.3 is 5.97 Å². The number of carbonyl (C=O) groups is 4. The quantitative estimate of drug-likeness (QED) is 0.266. The molecule has 0 saturated carbocycles. The SMILES string of the molecule is C=C1C=CC(=O)N1CC(C(=O)NCCOCCNC(=O)CC)C(=O)OCc1ccccc1. The van der Waals surface area contributed by atoms with Crippen molar-refractivity contribution in [1.82, 2.24) is 15.5 Å². The molecule has 1 unspecified atom stereocenters. The van der Waals surface area contributed by atoms with Crippen molar-refractivity contribution in [3.05, 3.63) is 60.3 Å². The Hall–Kier alpha value is -3.46. The number of allylic oxidation sites excluding steroid dienone is 1. The van der Waals surface area contributed by atoms with Crippen LogP contribution in [0.15, 0.2) is 54.8 Å². The first-order valence-corrected chi connectivity index (χ1v) is 10.4. The largest absolute Gasteiger partial charge is 0.460 e. The van der Waals surface area contributed by atoms with Crippen LogP contribution < -0.4 is 10.6 Å². The fourth-order valence-electron chi connectivity index (χ4n) is 2.83. The topological polar surface area (TPSA) is 114 Å². The zero-order valence-corrected chi connectivity index (χ0v) is 18.2. The van der Waals surface area contributed by atoms with E-state index in [-0.39, 0.29) is 38.1 Å². The number of nitrogens with one attached hydrogen (secondary N) is 2. The Morgan fingerprint density at radius 2 is 1.75 bits per heavy atom. The summed E-state index contributed by atoms with van der Waals surface area (Å²) in [5.74, 6) is -2.93. The van der Waals surface area contributed by atoms with E-state index in [1.807, 2.05) is 18.2 Å². The van der Waals surface area contributed by atoms with E-state index >= 15 is 0 Å². The predicted molar refractivity (Wildman–Crippen MR) is 117 cm³/mol. The van der Waals surface area contributed by atoms with Crippen molar-refractivity contribution < 1.29 is 28.7 Å². The second-order valence-electron chi connectivity index (χ2n) is 7.03. The summed E-state index contributed by atoms with van der Waals surface area (Å²) in [5.41, 5.74) is 1.19. The summed E-state index contributed by atoms with van der Waals surface area (Å²) in [4.78, 5) is 49.8. The van der Waals surface area contributed by atoms with Crippen LogP contribution in [0.1, 0.15) is 18.9 Å². The molecule has 0 radical (unpaired) electrons. The molecule has 1 aliphatic heterocycles. The maximum Gasteiger partial charge on any atom is 0.320 e. The van der Waals surface area contributed by atoms with Crippen LogP contribution in [0.2, 0.25) is 0 Å². The molecule has 2 rings (SSSR count). The van der Waals surface area contributed by atoms with Crippen LogP contribution in [-0.2, 0) is 35.3 Å². The van der Waals surface area contributed by atoms with Gasteiger partial charge in [-0.3, -0.25) is 19.2 Å². The van der Waals surface area contributed by atoms with Crippen molar-refractivity contribution in [1.29, 1.82) is 0 Å². The molecule has 0 fully saturated rings. The number of carbonyl (C=O) groups excluding carboxylic acids is 4. The Kier molecular flexibility index (Phi) is 10.1. The van der Waals surface area contributed by atoms with Gasteiger partial charge in [0.15, 0.2) is 5.92 Å². The highest BCUT2D eigenvalue weighted by atomic mass is 16.5. The van der Waals surface area contributed by atoms with Gasteiger partial charge in [0.1, 0.15) is 6.61 Å². The van der Waals surface area contributed by atoms with Crippen molar-refractivity contribution >= 4 is 23.7 Å². The lowest BCUT2D eigenvalue weighted by molar-refractivity contribution is -0.154. The van der Waals surface area contributed by atoms with Gasteiger partial charge in [0.2, 0.25) is 11.8 Å². The van der Waals surface area contributed by atoms with Crippen LogP contribution in [-0.4, -0.2) is 61.4 Å². The Balaban J connectivity index is 1.86. The Morgan fingerprint density at radius 3 is 2.38 bits per heavy atom. The molecule has 1 aromatic rings. The highest BCUT2D eigenvalue weighted by Crippen LogP contribution is 2.17. The number of hydrogen-bond donors (Lipinski definition) is 2. The molecular formula is C23H29N3O6. The van der Waals surface area contributed by atoms with Gasteiger partial charge in [-0.25, -0.2) is 0 Å². The lowest BCUT2D eigenvalue weighted by Gasteiger charge is -2.23. The molecule has 1 atom stereocenters. The predicted octanol–water partition coefficient (Wildman–Crippen LogP) is 0.917. The fourth-order valence-corrected chi connectivity index (χ4v) is 2.83. The molecule has 1 aliphatic rings. The maximum atomic E-state index is 12.7. The summed E-state index contributed by atoms with van der Waals surface area (Å²) in [6.45, 7) is 6.41. The van der Waals surface area contributed by atoms with E-state index in [9.17, 15) is 19.2 Å². The first-order valence-electron chi connectivity index (χ1n) is 10.4. The monoisotopic (exact) mass is 443 g/mol. The zero-order valence-electron chi connectivity index (χ0n) is 18.2. The number of hydrogen-bond acceptors (Lipinski definition) is 6. The molecule has 0 aromatic heterocycles. The molecule has 1 heterocycles. The normalized spacial score (nSPS) is 13.7. The molecule has 1 aromatic carbocycles. The first kappa shape index (κ1) is 24.8. The number of nitrogens with zero attached hydrogens (tertiary/aromatic N) is 1. The van der Waals surface area contributed by atoms with Crippen LogP contribution in [0.4, 0.5) is 0 Å². The van der Waals surface area contributed by atoms with E-state index in [0.29, 0.717) is 25.3 Å². The molecule has 2 N–H and O–H groups in total. The van der Waals surface area contributed by atoms with Gasteiger partial charge in [-0.2, -0.15) is 0 Å². The standard InChI is InChI=1S/C23H29N3O6/c1-3-20(27)24-11-13-31-14-12-25-22(29)19(15-26-17(2)9-10-21(26)28)23(30)32-16-18-7-5-4-6-8-18/h4-10,19H,2-3,11-16H2,1H3,(H,24,27)(H,25,29). The van der Waals surface area contributed by atoms with Gasteiger partial charge in [-0.05, 0) is 11.6 Å². The van der Waals surface area contributed by atoms with Gasteiger partial charge in [-0.1, -0.05) is 43.8 Å². The first-order chi connectivity index (χ1) is 15.4. The van der Waals surface area contributed by atoms with Crippen LogP contribution in [0.5, 0.6) is 0 Å². The van der Waals surface area contributed by atoms with Crippen molar-refractivity contribution in [2.75, 3.05) is 32.8 Å². The summed E-state index contributed by atoms with van der Waals surface area (Å²) in [6.07, 6.45) is 3.26. The zero-order chi connectivity index (χ0) is 23.3. The van der Waals surface area contributed by atoms with Crippen molar-refractivity contribution in [3.8, 4) is 0 Å². The van der Waals surface area contributed by atoms with E-state index in [0.717, 1.165) is 5.56 Å². The Bertz CT molecular complexity index is 835. The summed E-state index contributed by atoms with van der Waals surface area (Å²) in [5, 5.41) is 5.31. The van der Waals surface area contributed by atoms with E-state index in [2.05, 4.69) is 17.2 Å². The summed E-state index contributed by atoms with van der Waals surface area (Å²) >= 11 is 0. The second kappa shape index (κ2) is 13.1. The van der Waals surface area contributed by atoms with Crippen molar-refractivity contribution in [2.45, 2.75) is 20.0 Å². The molecule has 9 nitrogen and oxygen atoms in total. The third-order valence-electron chi connectivity index (χ3n) is 4.66. The lowest BCUT2D eigenvalue weighted by atomic mass is 10.1. The molecule has 0 spiro atoms. The van der Waals surface area contributed by atoms with Crippen molar-refractivity contribution in [3.63, 3.8) is 0 Å². The minimum absolute atomic E-state index is 0.0171. The molecule has 0 bridgehead atoms. The highest BCUT2D eigenvalue weighted by molar-refractivity contribution is 5.99. The average Bonchev–Trinajstić information content (AvgIpc) is 3.12. The van der Waals surface area contributed by atoms with E-state index in [1.165, 1.54) is 17.1 Å². The number of benzene rings is 1. The molecule has 0 saturated heterocycles. The molecule has 0 aliphatic carbocycles. The smallest absolute Gasteiger partial charge is 0.320 e. The van der Waals surface area contributed by atoms with Crippen LogP contribution in [0.25, 0.3) is 0 Å². The van der Waals surface area contributed by atoms with E-state index in [1.54, 1.807) is 19.1 Å². The van der Waals surface area contributed by atoms with Gasteiger partial charge in [0.05, 0.1) is 13.2 Å². The van der Waals surface area contributed by atoms with E-state index in [4.69, 9.17) is 9.47 Å². The second-order valence-corrected chi connectivity index (χ2v) is 7.03. The Morgan fingerprint density at radius 1 is 1.06 bits per heavy atom. The van der Waals surface area contributed by atoms with E-state index < -0.39 is 17.8 Å². The maximum absolute atomic E-state index is 12.7. The van der Waals surface area contributed by atoms with Crippen LogP contribution in [0, 0.1) is 5.92 Å². The molecule has 32 heavy (non-hydrogen) atoms. The average molecular weight is 444 g/mol. The molecule has 3 amide bonds. The molecule has 172 valence electrons. The summed E-state index contributed by atoms with van der Waals surface area (Å²) in [6, 6.07) is 9.09. The Labute approximate surface area is 187 Å². The summed E-state index contributed by atoms with van der Waals surface area (Å²) in [7, 11) is 0.